The maximum atomic E-state index is 12.4. The summed E-state index contributed by atoms with van der Waals surface area (Å²) in [5, 5.41) is 13.9. The summed E-state index contributed by atoms with van der Waals surface area (Å²) in [7, 11) is 0. The Balaban J connectivity index is 1.45. The molecule has 1 aromatic heterocycles. The van der Waals surface area contributed by atoms with Crippen molar-refractivity contribution >= 4 is 40.2 Å². The summed E-state index contributed by atoms with van der Waals surface area (Å²) < 4.78 is 0. The van der Waals surface area contributed by atoms with Gasteiger partial charge in [0.05, 0.1) is 16.4 Å². The van der Waals surface area contributed by atoms with E-state index in [0.717, 1.165) is 16.6 Å². The summed E-state index contributed by atoms with van der Waals surface area (Å²) >= 11 is 1.31. The SMILES string of the molecule is O=C(CCc1ccccc1)NC1SC=C(c2nc3ccccc3[nH]2)C1C(=O)O. The molecule has 0 fully saturated rings. The number of hydrogen-bond donors (Lipinski definition) is 3. The highest BCUT2D eigenvalue weighted by Gasteiger charge is 2.39. The molecule has 1 aliphatic rings. The molecule has 0 aliphatic carbocycles. The van der Waals surface area contributed by atoms with Crippen LogP contribution in [0.1, 0.15) is 17.8 Å². The van der Waals surface area contributed by atoms with Crippen LogP contribution >= 0.6 is 11.8 Å². The molecule has 7 heteroatoms. The highest BCUT2D eigenvalue weighted by molar-refractivity contribution is 8.03. The highest BCUT2D eigenvalue weighted by atomic mass is 32.2. The third-order valence-corrected chi connectivity index (χ3v) is 5.77. The Morgan fingerprint density at radius 2 is 1.86 bits per heavy atom. The van der Waals surface area contributed by atoms with Crippen molar-refractivity contribution in [3.63, 3.8) is 0 Å². The number of rotatable bonds is 6. The Morgan fingerprint density at radius 3 is 2.61 bits per heavy atom. The van der Waals surface area contributed by atoms with Crippen molar-refractivity contribution < 1.29 is 14.7 Å². The molecular weight excluding hydrogens is 374 g/mol. The van der Waals surface area contributed by atoms with Crippen LogP contribution in [0.25, 0.3) is 16.6 Å². The predicted octanol–water partition coefficient (Wildman–Crippen LogP) is 3.43. The fraction of sp³-hybridized carbons (Fsp3) is 0.190. The topological polar surface area (TPSA) is 95.1 Å². The third-order valence-electron chi connectivity index (χ3n) is 4.70. The Morgan fingerprint density at radius 1 is 1.11 bits per heavy atom. The first-order chi connectivity index (χ1) is 13.6. The third kappa shape index (κ3) is 3.80. The van der Waals surface area contributed by atoms with E-state index in [1.54, 1.807) is 5.41 Å². The molecule has 1 amide bonds. The number of benzene rings is 2. The van der Waals surface area contributed by atoms with Crippen molar-refractivity contribution in [1.29, 1.82) is 0 Å². The molecule has 0 spiro atoms. The summed E-state index contributed by atoms with van der Waals surface area (Å²) in [6, 6.07) is 17.3. The summed E-state index contributed by atoms with van der Waals surface area (Å²) in [6.45, 7) is 0. The molecule has 3 N–H and O–H groups in total. The van der Waals surface area contributed by atoms with E-state index in [9.17, 15) is 14.7 Å². The molecule has 3 aromatic rings. The number of carboxylic acid groups (broad SMARTS) is 1. The number of nitrogens with zero attached hydrogens (tertiary/aromatic N) is 1. The smallest absolute Gasteiger partial charge is 0.314 e. The first kappa shape index (κ1) is 18.3. The predicted molar refractivity (Wildman–Crippen MR) is 109 cm³/mol. The van der Waals surface area contributed by atoms with Crippen LogP contribution in [-0.4, -0.2) is 32.3 Å². The van der Waals surface area contributed by atoms with E-state index in [0.29, 0.717) is 24.2 Å². The number of para-hydroxylation sites is 2. The van der Waals surface area contributed by atoms with Crippen LogP contribution in [0.3, 0.4) is 0 Å². The van der Waals surface area contributed by atoms with E-state index in [4.69, 9.17) is 0 Å². The summed E-state index contributed by atoms with van der Waals surface area (Å²) in [5.41, 5.74) is 3.29. The van der Waals surface area contributed by atoms with Gasteiger partial charge in [0.1, 0.15) is 11.7 Å². The van der Waals surface area contributed by atoms with E-state index in [1.165, 1.54) is 11.8 Å². The number of carboxylic acids is 1. The van der Waals surface area contributed by atoms with Gasteiger partial charge in [-0.1, -0.05) is 42.5 Å². The van der Waals surface area contributed by atoms with Crippen LogP contribution in [0.4, 0.5) is 0 Å². The van der Waals surface area contributed by atoms with Crippen LogP contribution in [0.5, 0.6) is 0 Å². The van der Waals surface area contributed by atoms with Gasteiger partial charge in [0.2, 0.25) is 5.91 Å². The van der Waals surface area contributed by atoms with Crippen LogP contribution < -0.4 is 5.32 Å². The zero-order valence-electron chi connectivity index (χ0n) is 15.0. The lowest BCUT2D eigenvalue weighted by atomic mass is 9.99. The quantitative estimate of drug-likeness (QED) is 0.596. The van der Waals surface area contributed by atoms with Gasteiger partial charge < -0.3 is 15.4 Å². The minimum atomic E-state index is -0.981. The van der Waals surface area contributed by atoms with Gasteiger partial charge in [0.15, 0.2) is 0 Å². The van der Waals surface area contributed by atoms with Crippen LogP contribution in [0.2, 0.25) is 0 Å². The number of aryl methyl sites for hydroxylation is 1. The van der Waals surface area contributed by atoms with Gasteiger partial charge in [-0.3, -0.25) is 9.59 Å². The first-order valence-corrected chi connectivity index (χ1v) is 9.93. The van der Waals surface area contributed by atoms with Gasteiger partial charge in [0, 0.05) is 12.0 Å². The van der Waals surface area contributed by atoms with Crippen molar-refractivity contribution in [2.24, 2.45) is 5.92 Å². The molecule has 0 saturated heterocycles. The maximum Gasteiger partial charge on any atom is 0.314 e. The summed E-state index contributed by atoms with van der Waals surface area (Å²) in [5.74, 6) is -1.47. The second-order valence-corrected chi connectivity index (χ2v) is 7.62. The standard InChI is InChI=1S/C21H19N3O3S/c25-17(11-10-13-6-2-1-3-7-13)24-20-18(21(26)27)14(12-28-20)19-22-15-8-4-5-9-16(15)23-19/h1-9,12,18,20H,10-11H2,(H,22,23)(H,24,25)(H,26,27). The van der Waals surface area contributed by atoms with Gasteiger partial charge in [0.25, 0.3) is 0 Å². The Hall–Kier alpha value is -3.06. The molecule has 2 aromatic carbocycles. The van der Waals surface area contributed by atoms with Crippen LogP contribution in [-0.2, 0) is 16.0 Å². The lowest BCUT2D eigenvalue weighted by Gasteiger charge is -2.19. The van der Waals surface area contributed by atoms with E-state index in [2.05, 4.69) is 15.3 Å². The van der Waals surface area contributed by atoms with Crippen molar-refractivity contribution in [3.05, 3.63) is 71.4 Å². The molecule has 6 nitrogen and oxygen atoms in total. The number of H-pyrrole nitrogens is 1. The zero-order valence-corrected chi connectivity index (χ0v) is 15.8. The molecule has 142 valence electrons. The second-order valence-electron chi connectivity index (χ2n) is 6.60. The number of hydrogen-bond acceptors (Lipinski definition) is 4. The van der Waals surface area contributed by atoms with Crippen molar-refractivity contribution in [2.45, 2.75) is 18.2 Å². The second kappa shape index (κ2) is 7.90. The number of aromatic nitrogens is 2. The summed E-state index contributed by atoms with van der Waals surface area (Å²) in [4.78, 5) is 32.0. The van der Waals surface area contributed by atoms with Gasteiger partial charge in [-0.25, -0.2) is 4.98 Å². The number of aliphatic carboxylic acids is 1. The van der Waals surface area contributed by atoms with Crippen LogP contribution in [0.15, 0.2) is 60.0 Å². The number of thioether (sulfide) groups is 1. The molecule has 0 radical (unpaired) electrons. The van der Waals surface area contributed by atoms with Gasteiger partial charge >= 0.3 is 5.97 Å². The van der Waals surface area contributed by atoms with Crippen LogP contribution in [0, 0.1) is 5.92 Å². The Labute approximate surface area is 166 Å². The Bertz CT molecular complexity index is 1010. The van der Waals surface area contributed by atoms with Gasteiger partial charge in [-0.05, 0) is 29.5 Å². The molecule has 0 saturated carbocycles. The number of fused-ring (bicyclic) bond motifs is 1. The molecule has 1 aliphatic heterocycles. The minimum Gasteiger partial charge on any atom is -0.481 e. The average Bonchev–Trinajstić information content (AvgIpc) is 3.31. The van der Waals surface area contributed by atoms with Crippen molar-refractivity contribution in [3.8, 4) is 0 Å². The number of carbonyl (C=O) groups excluding carboxylic acids is 1. The Kier molecular flexibility index (Phi) is 5.16. The molecular formula is C21H19N3O3S. The van der Waals surface area contributed by atoms with Crippen molar-refractivity contribution in [2.75, 3.05) is 0 Å². The van der Waals surface area contributed by atoms with Gasteiger partial charge in [-0.15, -0.1) is 11.8 Å². The van der Waals surface area contributed by atoms with Gasteiger partial charge in [-0.2, -0.15) is 0 Å². The fourth-order valence-corrected chi connectivity index (χ4v) is 4.44. The lowest BCUT2D eigenvalue weighted by molar-refractivity contribution is -0.139. The van der Waals surface area contributed by atoms with Crippen molar-refractivity contribution in [1.82, 2.24) is 15.3 Å². The largest absolute Gasteiger partial charge is 0.481 e. The zero-order chi connectivity index (χ0) is 19.5. The molecule has 2 atom stereocenters. The van der Waals surface area contributed by atoms with E-state index < -0.39 is 17.3 Å². The molecule has 2 heterocycles. The van der Waals surface area contributed by atoms with E-state index in [1.807, 2.05) is 54.6 Å². The van der Waals surface area contributed by atoms with E-state index >= 15 is 0 Å². The number of aromatic amines is 1. The molecule has 4 rings (SSSR count). The minimum absolute atomic E-state index is 0.160. The number of amides is 1. The normalized spacial score (nSPS) is 18.8. The fourth-order valence-electron chi connectivity index (χ4n) is 3.27. The molecule has 2 unspecified atom stereocenters. The summed E-state index contributed by atoms with van der Waals surface area (Å²) in [6.07, 6.45) is 0.930. The monoisotopic (exact) mass is 393 g/mol. The first-order valence-electron chi connectivity index (χ1n) is 8.98. The van der Waals surface area contributed by atoms with E-state index in [-0.39, 0.29) is 5.91 Å². The average molecular weight is 393 g/mol. The number of imidazole rings is 1. The highest BCUT2D eigenvalue weighted by Crippen LogP contribution is 2.40. The number of nitrogens with one attached hydrogen (secondary N) is 2. The lowest BCUT2D eigenvalue weighted by Crippen LogP contribution is -2.39. The molecule has 28 heavy (non-hydrogen) atoms. The molecule has 0 bridgehead atoms. The maximum absolute atomic E-state index is 12.4. The number of carbonyl (C=O) groups is 2.